The van der Waals surface area contributed by atoms with Crippen LogP contribution in [0.1, 0.15) is 38.7 Å². The minimum atomic E-state index is -1.00. The molecular formula is C16H23NO4. The molecule has 116 valence electrons. The van der Waals surface area contributed by atoms with Crippen LogP contribution in [0, 0.1) is 0 Å². The van der Waals surface area contributed by atoms with Crippen molar-refractivity contribution < 1.29 is 19.4 Å². The highest BCUT2D eigenvalue weighted by Gasteiger charge is 2.24. The maximum atomic E-state index is 11.9. The van der Waals surface area contributed by atoms with Crippen molar-refractivity contribution in [3.63, 3.8) is 0 Å². The number of carbonyl (C=O) groups is 2. The molecule has 1 aromatic rings. The van der Waals surface area contributed by atoms with Crippen LogP contribution in [0.15, 0.2) is 24.3 Å². The Bertz CT molecular complexity index is 482. The number of likely N-dealkylation sites (N-methyl/N-ethyl adjacent to an activating group) is 1. The third kappa shape index (κ3) is 4.77. The predicted octanol–water partition coefficient (Wildman–Crippen LogP) is 2.51. The number of carboxylic acid groups (broad SMARTS) is 1. The molecule has 0 aromatic heterocycles. The van der Waals surface area contributed by atoms with Gasteiger partial charge in [0.1, 0.15) is 11.8 Å². The van der Waals surface area contributed by atoms with E-state index in [0.717, 1.165) is 0 Å². The van der Waals surface area contributed by atoms with E-state index in [1.165, 1.54) is 17.5 Å². The number of hydrogen-bond donors (Lipinski definition) is 1. The van der Waals surface area contributed by atoms with Gasteiger partial charge in [0.2, 0.25) is 0 Å². The van der Waals surface area contributed by atoms with Crippen LogP contribution in [0.4, 0.5) is 0 Å². The van der Waals surface area contributed by atoms with Gasteiger partial charge in [-0.25, -0.2) is 4.79 Å². The van der Waals surface area contributed by atoms with Crippen LogP contribution in [-0.2, 0) is 9.59 Å². The molecule has 1 unspecified atom stereocenters. The molecule has 5 heteroatoms. The second kappa shape index (κ2) is 7.67. The van der Waals surface area contributed by atoms with Crippen molar-refractivity contribution in [1.29, 1.82) is 0 Å². The lowest BCUT2D eigenvalue weighted by molar-refractivity contribution is -0.149. The molecule has 1 aromatic carbocycles. The largest absolute Gasteiger partial charge is 0.484 e. The second-order valence-electron chi connectivity index (χ2n) is 5.28. The van der Waals surface area contributed by atoms with E-state index >= 15 is 0 Å². The summed E-state index contributed by atoms with van der Waals surface area (Å²) < 4.78 is 5.41. The van der Waals surface area contributed by atoms with E-state index in [-0.39, 0.29) is 12.5 Å². The molecule has 1 atom stereocenters. The number of carbonyl (C=O) groups excluding carboxylic acids is 1. The topological polar surface area (TPSA) is 66.8 Å². The quantitative estimate of drug-likeness (QED) is 0.839. The molecule has 1 rings (SSSR count). The zero-order valence-electron chi connectivity index (χ0n) is 13.0. The highest BCUT2D eigenvalue weighted by Crippen LogP contribution is 2.18. The Morgan fingerprint density at radius 1 is 1.24 bits per heavy atom. The molecule has 0 aliphatic rings. The Kier molecular flexibility index (Phi) is 6.21. The summed E-state index contributed by atoms with van der Waals surface area (Å²) in [6.45, 7) is 5.77. The molecule has 0 fully saturated rings. The lowest BCUT2D eigenvalue weighted by Crippen LogP contribution is -2.44. The van der Waals surface area contributed by atoms with Gasteiger partial charge >= 0.3 is 5.97 Å². The van der Waals surface area contributed by atoms with E-state index in [2.05, 4.69) is 13.8 Å². The van der Waals surface area contributed by atoms with Gasteiger partial charge in [-0.2, -0.15) is 0 Å². The van der Waals surface area contributed by atoms with E-state index in [0.29, 0.717) is 18.1 Å². The highest BCUT2D eigenvalue weighted by atomic mass is 16.5. The van der Waals surface area contributed by atoms with E-state index in [1.807, 2.05) is 24.3 Å². The van der Waals surface area contributed by atoms with E-state index in [9.17, 15) is 9.59 Å². The Balaban J connectivity index is 2.58. The average molecular weight is 293 g/mol. The lowest BCUT2D eigenvalue weighted by atomic mass is 10.0. The highest BCUT2D eigenvalue weighted by molar-refractivity contribution is 5.84. The van der Waals surface area contributed by atoms with Crippen LogP contribution >= 0.6 is 0 Å². The third-order valence-electron chi connectivity index (χ3n) is 3.44. The van der Waals surface area contributed by atoms with Crippen LogP contribution in [0.3, 0.4) is 0 Å². The molecule has 0 radical (unpaired) electrons. The Labute approximate surface area is 125 Å². The summed E-state index contributed by atoms with van der Waals surface area (Å²) in [5.41, 5.74) is 1.20. The summed E-state index contributed by atoms with van der Waals surface area (Å²) in [6, 6.07) is 6.74. The van der Waals surface area contributed by atoms with Crippen molar-refractivity contribution in [3.8, 4) is 5.75 Å². The fourth-order valence-corrected chi connectivity index (χ4v) is 1.98. The lowest BCUT2D eigenvalue weighted by Gasteiger charge is -2.23. The minimum Gasteiger partial charge on any atom is -0.484 e. The molecule has 0 saturated carbocycles. The molecule has 0 bridgehead atoms. The minimum absolute atomic E-state index is 0.165. The van der Waals surface area contributed by atoms with Crippen LogP contribution in [0.5, 0.6) is 5.75 Å². The maximum absolute atomic E-state index is 11.9. The van der Waals surface area contributed by atoms with Crippen molar-refractivity contribution in [3.05, 3.63) is 29.8 Å². The fraction of sp³-hybridized carbons (Fsp3) is 0.500. The van der Waals surface area contributed by atoms with Crippen LogP contribution < -0.4 is 4.74 Å². The van der Waals surface area contributed by atoms with Gasteiger partial charge in [0.05, 0.1) is 0 Å². The van der Waals surface area contributed by atoms with Gasteiger partial charge in [-0.3, -0.25) is 4.79 Å². The Morgan fingerprint density at radius 2 is 1.81 bits per heavy atom. The first-order chi connectivity index (χ1) is 9.86. The number of carboxylic acids is 1. The van der Waals surface area contributed by atoms with Gasteiger partial charge in [0.25, 0.3) is 5.91 Å². The molecule has 0 heterocycles. The summed E-state index contributed by atoms with van der Waals surface area (Å²) in [7, 11) is 1.48. The van der Waals surface area contributed by atoms with Crippen molar-refractivity contribution >= 4 is 11.9 Å². The average Bonchev–Trinajstić information content (AvgIpc) is 2.45. The third-order valence-corrected chi connectivity index (χ3v) is 3.44. The van der Waals surface area contributed by atoms with Crippen molar-refractivity contribution in [2.24, 2.45) is 0 Å². The van der Waals surface area contributed by atoms with Gasteiger partial charge in [0.15, 0.2) is 6.61 Å². The van der Waals surface area contributed by atoms with Gasteiger partial charge in [-0.15, -0.1) is 0 Å². The Morgan fingerprint density at radius 3 is 2.24 bits per heavy atom. The monoisotopic (exact) mass is 293 g/mol. The number of ether oxygens (including phenoxy) is 1. The summed E-state index contributed by atoms with van der Waals surface area (Å²) in [5, 5.41) is 9.03. The van der Waals surface area contributed by atoms with E-state index in [4.69, 9.17) is 9.84 Å². The van der Waals surface area contributed by atoms with Crippen LogP contribution in [-0.4, -0.2) is 41.6 Å². The first-order valence-corrected chi connectivity index (χ1v) is 7.08. The molecular weight excluding hydrogens is 270 g/mol. The van der Waals surface area contributed by atoms with Crippen molar-refractivity contribution in [1.82, 2.24) is 4.90 Å². The van der Waals surface area contributed by atoms with Gasteiger partial charge in [-0.1, -0.05) is 32.9 Å². The van der Waals surface area contributed by atoms with Crippen LogP contribution in [0.25, 0.3) is 0 Å². The van der Waals surface area contributed by atoms with Gasteiger partial charge in [0, 0.05) is 7.05 Å². The van der Waals surface area contributed by atoms with E-state index in [1.54, 1.807) is 6.92 Å². The molecule has 0 saturated heterocycles. The smallest absolute Gasteiger partial charge is 0.326 e. The zero-order chi connectivity index (χ0) is 16.0. The SMILES string of the molecule is CCC(C(=O)O)N(C)C(=O)COc1ccc(C(C)C)cc1. The van der Waals surface area contributed by atoms with Gasteiger partial charge < -0.3 is 14.7 Å². The molecule has 21 heavy (non-hydrogen) atoms. The van der Waals surface area contributed by atoms with E-state index < -0.39 is 12.0 Å². The summed E-state index contributed by atoms with van der Waals surface area (Å²) in [5.74, 6) is -0.316. The molecule has 1 N–H and O–H groups in total. The zero-order valence-corrected chi connectivity index (χ0v) is 13.0. The number of aliphatic carboxylic acids is 1. The first kappa shape index (κ1) is 17.0. The Hall–Kier alpha value is -2.04. The standard InChI is InChI=1S/C16H23NO4/c1-5-14(16(19)20)17(4)15(18)10-21-13-8-6-12(7-9-13)11(2)3/h6-9,11,14H,5,10H2,1-4H3,(H,19,20). The first-order valence-electron chi connectivity index (χ1n) is 7.08. The van der Waals surface area contributed by atoms with Crippen molar-refractivity contribution in [2.45, 2.75) is 39.2 Å². The molecule has 0 aliphatic carbocycles. The van der Waals surface area contributed by atoms with Gasteiger partial charge in [-0.05, 0) is 30.0 Å². The fourth-order valence-electron chi connectivity index (χ4n) is 1.98. The number of hydrogen-bond acceptors (Lipinski definition) is 3. The number of nitrogens with zero attached hydrogens (tertiary/aromatic N) is 1. The molecule has 5 nitrogen and oxygen atoms in total. The molecule has 1 amide bonds. The number of rotatable bonds is 7. The summed E-state index contributed by atoms with van der Waals surface area (Å²) in [4.78, 5) is 24.2. The predicted molar refractivity (Wildman–Crippen MR) is 80.5 cm³/mol. The normalized spacial score (nSPS) is 12.0. The summed E-state index contributed by atoms with van der Waals surface area (Å²) >= 11 is 0. The van der Waals surface area contributed by atoms with Crippen LogP contribution in [0.2, 0.25) is 0 Å². The number of amides is 1. The molecule has 0 aliphatic heterocycles. The summed E-state index contributed by atoms with van der Waals surface area (Å²) in [6.07, 6.45) is 0.362. The number of benzene rings is 1. The second-order valence-corrected chi connectivity index (χ2v) is 5.28. The maximum Gasteiger partial charge on any atom is 0.326 e. The van der Waals surface area contributed by atoms with Crippen molar-refractivity contribution in [2.75, 3.05) is 13.7 Å². The molecule has 0 spiro atoms.